The van der Waals surface area contributed by atoms with Gasteiger partial charge in [0, 0.05) is 18.0 Å². The van der Waals surface area contributed by atoms with Crippen molar-refractivity contribution in [2.75, 3.05) is 7.11 Å². The third-order valence-corrected chi connectivity index (χ3v) is 8.00. The molecule has 1 aliphatic rings. The number of nitrogens with one attached hydrogen (secondary N) is 2. The molecule has 1 aliphatic carbocycles. The number of aliphatic hydroxyl groups is 1. The molecular weight excluding hydrogens is 544 g/mol. The Balaban J connectivity index is 1.48. The van der Waals surface area contributed by atoms with Crippen molar-refractivity contribution in [3.8, 4) is 11.5 Å². The number of hydrogen-bond donors (Lipinski definition) is 3. The largest absolute Gasteiger partial charge is 0.469 e. The lowest BCUT2D eigenvalue weighted by molar-refractivity contribution is -0.142. The van der Waals surface area contributed by atoms with Crippen molar-refractivity contribution in [2.24, 2.45) is 5.92 Å². The molecule has 1 fully saturated rings. The van der Waals surface area contributed by atoms with Crippen molar-refractivity contribution >= 4 is 17.8 Å². The van der Waals surface area contributed by atoms with Gasteiger partial charge in [0.05, 0.1) is 25.7 Å². The predicted octanol–water partition coefficient (Wildman–Crippen LogP) is 5.59. The van der Waals surface area contributed by atoms with Gasteiger partial charge in [0.15, 0.2) is 0 Å². The first-order valence-corrected chi connectivity index (χ1v) is 15.1. The number of carbonyl (C=O) groups excluding carboxylic acids is 3. The smallest absolute Gasteiger partial charge is 0.306 e. The molecule has 4 rings (SSSR count). The highest BCUT2D eigenvalue weighted by Gasteiger charge is 2.31. The first-order valence-electron chi connectivity index (χ1n) is 15.1. The summed E-state index contributed by atoms with van der Waals surface area (Å²) in [6.45, 7) is 0. The lowest BCUT2D eigenvalue weighted by Crippen LogP contribution is -2.50. The van der Waals surface area contributed by atoms with Crippen molar-refractivity contribution < 1.29 is 29.0 Å². The van der Waals surface area contributed by atoms with Crippen LogP contribution in [-0.4, -0.2) is 48.2 Å². The SMILES string of the molecule is COC(=O)CCC(=O)NC(Cc1ccccc1)[C@@H](O)CC(NC(=O)c1cccc(Oc2ccccc2)c1)C1CCCCC1. The van der Waals surface area contributed by atoms with E-state index >= 15 is 0 Å². The van der Waals surface area contributed by atoms with Crippen LogP contribution in [-0.2, 0) is 20.7 Å². The van der Waals surface area contributed by atoms with Crippen LogP contribution in [0.2, 0.25) is 0 Å². The van der Waals surface area contributed by atoms with Gasteiger partial charge in [-0.25, -0.2) is 0 Å². The van der Waals surface area contributed by atoms with E-state index in [0.717, 1.165) is 37.7 Å². The number of amides is 2. The van der Waals surface area contributed by atoms with Crippen LogP contribution < -0.4 is 15.4 Å². The monoisotopic (exact) mass is 586 g/mol. The van der Waals surface area contributed by atoms with Gasteiger partial charge in [-0.15, -0.1) is 0 Å². The van der Waals surface area contributed by atoms with Crippen LogP contribution in [0.4, 0.5) is 0 Å². The average Bonchev–Trinajstić information content (AvgIpc) is 3.04. The Labute approximate surface area is 253 Å². The number of para-hydroxylation sites is 1. The molecule has 0 aromatic heterocycles. The molecule has 8 heteroatoms. The number of carbonyl (C=O) groups is 3. The molecule has 3 aromatic rings. The summed E-state index contributed by atoms with van der Waals surface area (Å²) >= 11 is 0. The molecule has 2 unspecified atom stereocenters. The highest BCUT2D eigenvalue weighted by molar-refractivity contribution is 5.94. The van der Waals surface area contributed by atoms with Crippen LogP contribution in [0, 0.1) is 5.92 Å². The van der Waals surface area contributed by atoms with E-state index in [2.05, 4.69) is 15.4 Å². The maximum atomic E-state index is 13.5. The highest BCUT2D eigenvalue weighted by Crippen LogP contribution is 2.30. The molecular formula is C35H42N2O6. The van der Waals surface area contributed by atoms with Crippen LogP contribution in [0.25, 0.3) is 0 Å². The maximum absolute atomic E-state index is 13.5. The predicted molar refractivity (Wildman–Crippen MR) is 165 cm³/mol. The number of ether oxygens (including phenoxy) is 2. The van der Waals surface area contributed by atoms with Gasteiger partial charge in [-0.2, -0.15) is 0 Å². The molecule has 228 valence electrons. The Bertz CT molecular complexity index is 1310. The zero-order valence-corrected chi connectivity index (χ0v) is 24.7. The first-order chi connectivity index (χ1) is 20.9. The van der Waals surface area contributed by atoms with Gasteiger partial charge < -0.3 is 25.2 Å². The molecule has 3 N–H and O–H groups in total. The van der Waals surface area contributed by atoms with E-state index in [1.807, 2.05) is 66.7 Å². The number of aliphatic hydroxyl groups excluding tert-OH is 1. The van der Waals surface area contributed by atoms with Crippen molar-refractivity contribution in [1.82, 2.24) is 10.6 Å². The van der Waals surface area contributed by atoms with Crippen LogP contribution >= 0.6 is 0 Å². The van der Waals surface area contributed by atoms with Gasteiger partial charge >= 0.3 is 5.97 Å². The number of rotatable bonds is 14. The van der Waals surface area contributed by atoms with Crippen LogP contribution in [0.1, 0.15) is 67.3 Å². The van der Waals surface area contributed by atoms with E-state index in [4.69, 9.17) is 4.74 Å². The minimum Gasteiger partial charge on any atom is -0.469 e. The zero-order valence-electron chi connectivity index (χ0n) is 24.7. The lowest BCUT2D eigenvalue weighted by atomic mass is 9.80. The molecule has 2 amide bonds. The molecule has 43 heavy (non-hydrogen) atoms. The molecule has 0 heterocycles. The normalized spacial score (nSPS) is 15.5. The second-order valence-corrected chi connectivity index (χ2v) is 11.2. The molecule has 3 aromatic carbocycles. The van der Waals surface area contributed by atoms with Gasteiger partial charge in [0.25, 0.3) is 5.91 Å². The third-order valence-electron chi connectivity index (χ3n) is 8.00. The van der Waals surface area contributed by atoms with Gasteiger partial charge in [-0.3, -0.25) is 14.4 Å². The number of esters is 1. The van der Waals surface area contributed by atoms with E-state index < -0.39 is 18.1 Å². The Morgan fingerprint density at radius 3 is 2.21 bits per heavy atom. The molecule has 3 atom stereocenters. The van der Waals surface area contributed by atoms with Crippen molar-refractivity contribution in [1.29, 1.82) is 0 Å². The van der Waals surface area contributed by atoms with Gasteiger partial charge in [0.2, 0.25) is 5.91 Å². The maximum Gasteiger partial charge on any atom is 0.306 e. The summed E-state index contributed by atoms with van der Waals surface area (Å²) in [6.07, 6.45) is 4.93. The van der Waals surface area contributed by atoms with Gasteiger partial charge in [0.1, 0.15) is 11.5 Å². The fraction of sp³-hybridized carbons (Fsp3) is 0.400. The molecule has 0 saturated heterocycles. The summed E-state index contributed by atoms with van der Waals surface area (Å²) in [5.41, 5.74) is 1.44. The first kappa shape index (κ1) is 31.8. The van der Waals surface area contributed by atoms with Crippen LogP contribution in [0.15, 0.2) is 84.9 Å². The zero-order chi connectivity index (χ0) is 30.4. The van der Waals surface area contributed by atoms with E-state index in [-0.39, 0.29) is 43.0 Å². The summed E-state index contributed by atoms with van der Waals surface area (Å²) in [6, 6.07) is 25.2. The fourth-order valence-corrected chi connectivity index (χ4v) is 5.66. The Kier molecular flexibility index (Phi) is 12.2. The van der Waals surface area contributed by atoms with E-state index in [9.17, 15) is 19.5 Å². The Morgan fingerprint density at radius 2 is 1.51 bits per heavy atom. The highest BCUT2D eigenvalue weighted by atomic mass is 16.5. The van der Waals surface area contributed by atoms with E-state index in [0.29, 0.717) is 23.5 Å². The van der Waals surface area contributed by atoms with E-state index in [1.165, 1.54) is 7.11 Å². The topological polar surface area (TPSA) is 114 Å². The minimum atomic E-state index is -0.928. The molecule has 0 radical (unpaired) electrons. The molecule has 0 spiro atoms. The summed E-state index contributed by atoms with van der Waals surface area (Å²) in [4.78, 5) is 37.9. The number of benzene rings is 3. The lowest BCUT2D eigenvalue weighted by Gasteiger charge is -2.34. The molecule has 0 bridgehead atoms. The number of methoxy groups -OCH3 is 1. The van der Waals surface area contributed by atoms with Crippen LogP contribution in [0.5, 0.6) is 11.5 Å². The minimum absolute atomic E-state index is 0.0329. The summed E-state index contributed by atoms with van der Waals surface area (Å²) < 4.78 is 10.6. The fourth-order valence-electron chi connectivity index (χ4n) is 5.66. The third kappa shape index (κ3) is 10.3. The van der Waals surface area contributed by atoms with Gasteiger partial charge in [-0.1, -0.05) is 73.9 Å². The van der Waals surface area contributed by atoms with Crippen molar-refractivity contribution in [3.63, 3.8) is 0 Å². The Morgan fingerprint density at radius 1 is 0.837 bits per heavy atom. The standard InChI is InChI=1S/C35H42N2O6/c1-42-34(40)21-20-33(39)36-31(22-25-12-5-2-6-13-25)32(38)24-30(26-14-7-3-8-15-26)37-35(41)27-16-11-19-29(23-27)43-28-17-9-4-10-18-28/h2,4-6,9-13,16-19,23,26,30-32,38H,3,7-8,14-15,20-22,24H2,1H3,(H,36,39)(H,37,41)/t30?,31?,32-/m0/s1. The van der Waals surface area contributed by atoms with Crippen molar-refractivity contribution in [2.45, 2.75) is 76.0 Å². The van der Waals surface area contributed by atoms with E-state index in [1.54, 1.807) is 18.2 Å². The summed E-state index contributed by atoms with van der Waals surface area (Å²) in [7, 11) is 1.29. The summed E-state index contributed by atoms with van der Waals surface area (Å²) in [5, 5.41) is 17.7. The molecule has 8 nitrogen and oxygen atoms in total. The second-order valence-electron chi connectivity index (χ2n) is 11.2. The van der Waals surface area contributed by atoms with Gasteiger partial charge in [-0.05, 0) is 67.5 Å². The quantitative estimate of drug-likeness (QED) is 0.212. The average molecular weight is 587 g/mol. The number of hydrogen-bond acceptors (Lipinski definition) is 6. The van der Waals surface area contributed by atoms with Crippen molar-refractivity contribution in [3.05, 3.63) is 96.1 Å². The molecule has 0 aliphatic heterocycles. The summed E-state index contributed by atoms with van der Waals surface area (Å²) in [5.74, 6) is 0.422. The van der Waals surface area contributed by atoms with Crippen LogP contribution in [0.3, 0.4) is 0 Å². The second kappa shape index (κ2) is 16.5. The Hall–Kier alpha value is -4.17. The molecule has 1 saturated carbocycles.